The van der Waals surface area contributed by atoms with Crippen molar-refractivity contribution in [3.8, 4) is 23.0 Å². The van der Waals surface area contributed by atoms with E-state index in [-0.39, 0.29) is 0 Å². The summed E-state index contributed by atoms with van der Waals surface area (Å²) in [5.41, 5.74) is 1.26. The third-order valence-electron chi connectivity index (χ3n) is 4.73. The fourth-order valence-electron chi connectivity index (χ4n) is 2.49. The maximum Gasteiger partial charge on any atom is 0.500 e. The van der Waals surface area contributed by atoms with Crippen molar-refractivity contribution in [3.05, 3.63) is 24.4 Å². The molecule has 1 fully saturated rings. The molecule has 132 valence electrons. The molecule has 0 bridgehead atoms. The molecule has 1 saturated heterocycles. The smallest absolute Gasteiger partial charge is 0.481 e. The van der Waals surface area contributed by atoms with Crippen LogP contribution in [0.15, 0.2) is 24.4 Å². The first-order chi connectivity index (χ1) is 11.8. The average molecular weight is 343 g/mol. The van der Waals surface area contributed by atoms with E-state index in [9.17, 15) is 0 Å². The first-order valence-corrected chi connectivity index (χ1v) is 8.05. The van der Waals surface area contributed by atoms with Crippen molar-refractivity contribution >= 4 is 12.6 Å². The number of aromatic nitrogens is 3. The van der Waals surface area contributed by atoms with Gasteiger partial charge in [0.15, 0.2) is 0 Å². The van der Waals surface area contributed by atoms with Gasteiger partial charge in [-0.2, -0.15) is 0 Å². The van der Waals surface area contributed by atoms with Crippen LogP contribution in [0.5, 0.6) is 11.8 Å². The molecule has 0 amide bonds. The van der Waals surface area contributed by atoms with E-state index in [1.54, 1.807) is 26.5 Å². The minimum absolute atomic E-state index is 0.378. The van der Waals surface area contributed by atoms with Gasteiger partial charge in [-0.1, -0.05) is 0 Å². The molecule has 0 aromatic carbocycles. The predicted molar refractivity (Wildman–Crippen MR) is 94.1 cm³/mol. The molecule has 2 aromatic heterocycles. The number of methoxy groups -OCH3 is 2. The maximum absolute atomic E-state index is 6.11. The van der Waals surface area contributed by atoms with E-state index in [2.05, 4.69) is 15.2 Å². The van der Waals surface area contributed by atoms with Gasteiger partial charge < -0.3 is 18.8 Å². The standard InChI is InChI=1S/C17H22BN3O4/c1-16(2)17(3,4)25-18(24-16)12-9-13(20-21-15(12)23-6)11-7-8-14(22-5)19-10-11/h7-10H,1-6H3. The zero-order chi connectivity index (χ0) is 18.2. The van der Waals surface area contributed by atoms with Gasteiger partial charge in [0.25, 0.3) is 0 Å². The number of hydrogen-bond acceptors (Lipinski definition) is 7. The van der Waals surface area contributed by atoms with Gasteiger partial charge in [0.2, 0.25) is 11.8 Å². The lowest BCUT2D eigenvalue weighted by Crippen LogP contribution is -2.41. The van der Waals surface area contributed by atoms with Crippen LogP contribution in [-0.4, -0.2) is 47.7 Å². The van der Waals surface area contributed by atoms with Crippen LogP contribution in [0.25, 0.3) is 11.3 Å². The molecule has 8 heteroatoms. The van der Waals surface area contributed by atoms with Crippen molar-refractivity contribution in [2.75, 3.05) is 14.2 Å². The van der Waals surface area contributed by atoms with E-state index in [0.29, 0.717) is 22.9 Å². The quantitative estimate of drug-likeness (QED) is 0.784. The normalized spacial score (nSPS) is 18.2. The summed E-state index contributed by atoms with van der Waals surface area (Å²) in [5, 5.41) is 8.38. The van der Waals surface area contributed by atoms with E-state index in [1.807, 2.05) is 39.8 Å². The Hall–Kier alpha value is -2.19. The molecule has 0 saturated carbocycles. The van der Waals surface area contributed by atoms with Crippen molar-refractivity contribution in [1.29, 1.82) is 0 Å². The molecule has 0 spiro atoms. The molecule has 25 heavy (non-hydrogen) atoms. The molecule has 1 aliphatic heterocycles. The molecule has 1 aliphatic rings. The molecule has 3 heterocycles. The second kappa shape index (κ2) is 6.27. The van der Waals surface area contributed by atoms with Gasteiger partial charge >= 0.3 is 7.12 Å². The van der Waals surface area contributed by atoms with Crippen LogP contribution in [0.1, 0.15) is 27.7 Å². The second-order valence-electron chi connectivity index (χ2n) is 6.87. The second-order valence-corrected chi connectivity index (χ2v) is 6.87. The molecule has 0 unspecified atom stereocenters. The van der Waals surface area contributed by atoms with Crippen LogP contribution in [0, 0.1) is 0 Å². The van der Waals surface area contributed by atoms with Crippen LogP contribution in [0.3, 0.4) is 0 Å². The fourth-order valence-corrected chi connectivity index (χ4v) is 2.49. The Morgan fingerprint density at radius 2 is 1.64 bits per heavy atom. The van der Waals surface area contributed by atoms with E-state index in [4.69, 9.17) is 18.8 Å². The maximum atomic E-state index is 6.11. The highest BCUT2D eigenvalue weighted by molar-refractivity contribution is 6.63. The van der Waals surface area contributed by atoms with Crippen molar-refractivity contribution in [1.82, 2.24) is 15.2 Å². The predicted octanol–water partition coefficient (Wildman–Crippen LogP) is 1.85. The number of rotatable bonds is 4. The highest BCUT2D eigenvalue weighted by Gasteiger charge is 2.52. The summed E-state index contributed by atoms with van der Waals surface area (Å²) in [6.45, 7) is 8.01. The molecular weight excluding hydrogens is 321 g/mol. The minimum atomic E-state index is -0.583. The number of nitrogens with zero attached hydrogens (tertiary/aromatic N) is 3. The topological polar surface area (TPSA) is 75.6 Å². The molecule has 0 N–H and O–H groups in total. The average Bonchev–Trinajstić information content (AvgIpc) is 2.82. The van der Waals surface area contributed by atoms with E-state index in [1.165, 1.54) is 0 Å². The van der Waals surface area contributed by atoms with Crippen LogP contribution in [0.4, 0.5) is 0 Å². The summed E-state index contributed by atoms with van der Waals surface area (Å²) < 4.78 is 22.7. The lowest BCUT2D eigenvalue weighted by molar-refractivity contribution is 0.00578. The lowest BCUT2D eigenvalue weighted by Gasteiger charge is -2.32. The monoisotopic (exact) mass is 343 g/mol. The van der Waals surface area contributed by atoms with E-state index < -0.39 is 18.3 Å². The van der Waals surface area contributed by atoms with Crippen molar-refractivity contribution in [2.45, 2.75) is 38.9 Å². The zero-order valence-corrected chi connectivity index (χ0v) is 15.4. The molecule has 0 aliphatic carbocycles. The Balaban J connectivity index is 1.98. The Morgan fingerprint density at radius 1 is 0.960 bits per heavy atom. The molecule has 0 radical (unpaired) electrons. The summed E-state index contributed by atoms with van der Waals surface area (Å²) in [6, 6.07) is 5.50. The number of pyridine rings is 1. The van der Waals surface area contributed by atoms with Crippen LogP contribution < -0.4 is 14.9 Å². The Morgan fingerprint density at radius 3 is 2.16 bits per heavy atom. The molecule has 3 rings (SSSR count). The van der Waals surface area contributed by atoms with E-state index >= 15 is 0 Å². The van der Waals surface area contributed by atoms with Crippen molar-refractivity contribution in [2.24, 2.45) is 0 Å². The van der Waals surface area contributed by atoms with Crippen molar-refractivity contribution in [3.63, 3.8) is 0 Å². The van der Waals surface area contributed by atoms with Crippen LogP contribution in [-0.2, 0) is 9.31 Å². The molecule has 2 aromatic rings. The van der Waals surface area contributed by atoms with Gasteiger partial charge in [0, 0.05) is 23.3 Å². The van der Waals surface area contributed by atoms with Crippen molar-refractivity contribution < 1.29 is 18.8 Å². The molecule has 7 nitrogen and oxygen atoms in total. The minimum Gasteiger partial charge on any atom is -0.481 e. The van der Waals surface area contributed by atoms with Gasteiger partial charge in [-0.3, -0.25) is 0 Å². The number of hydrogen-bond donors (Lipinski definition) is 0. The highest BCUT2D eigenvalue weighted by atomic mass is 16.7. The Kier molecular flexibility index (Phi) is 4.42. The Labute approximate surface area is 147 Å². The summed E-state index contributed by atoms with van der Waals surface area (Å²) in [6.07, 6.45) is 1.68. The summed E-state index contributed by atoms with van der Waals surface area (Å²) >= 11 is 0. The fraction of sp³-hybridized carbons (Fsp3) is 0.471. The van der Waals surface area contributed by atoms with Gasteiger partial charge in [-0.05, 0) is 39.8 Å². The zero-order valence-electron chi connectivity index (χ0n) is 15.4. The van der Waals surface area contributed by atoms with E-state index in [0.717, 1.165) is 5.56 Å². The first kappa shape index (κ1) is 17.6. The summed E-state index contributed by atoms with van der Waals surface area (Å²) in [4.78, 5) is 4.21. The van der Waals surface area contributed by atoms with Gasteiger partial charge in [-0.15, -0.1) is 10.2 Å². The van der Waals surface area contributed by atoms with Gasteiger partial charge in [-0.25, -0.2) is 4.98 Å². The third-order valence-corrected chi connectivity index (χ3v) is 4.73. The summed E-state index contributed by atoms with van der Waals surface area (Å²) in [7, 11) is 2.54. The summed E-state index contributed by atoms with van der Waals surface area (Å²) in [5.74, 6) is 0.917. The Bertz CT molecular complexity index is 749. The SMILES string of the molecule is COc1ccc(-c2cc(B3OC(C)(C)C(C)(C)O3)c(OC)nn2)cn1. The van der Waals surface area contributed by atoms with Gasteiger partial charge in [0.1, 0.15) is 0 Å². The van der Waals surface area contributed by atoms with Gasteiger partial charge in [0.05, 0.1) is 31.1 Å². The van der Waals surface area contributed by atoms with Crippen LogP contribution >= 0.6 is 0 Å². The molecule has 0 atom stereocenters. The van der Waals surface area contributed by atoms with Crippen LogP contribution in [0.2, 0.25) is 0 Å². The lowest BCUT2D eigenvalue weighted by atomic mass is 9.79. The highest BCUT2D eigenvalue weighted by Crippen LogP contribution is 2.37. The number of ether oxygens (including phenoxy) is 2. The third kappa shape index (κ3) is 3.19. The first-order valence-electron chi connectivity index (χ1n) is 8.05. The largest absolute Gasteiger partial charge is 0.500 e. The molecular formula is C17H22BN3O4.